The van der Waals surface area contributed by atoms with Gasteiger partial charge in [-0.05, 0) is 90.0 Å². The third-order valence-electron chi connectivity index (χ3n) is 7.96. The zero-order valence-electron chi connectivity index (χ0n) is 30.3. The summed E-state index contributed by atoms with van der Waals surface area (Å²) in [5, 5.41) is 14.6. The SMILES string of the molecule is N=C1C=CC2=CC(S(=O)(=O)[O-])=CC(=O)C2=C1NNc1ccc(C(=O)Nc2ccc(N/N=C3/C(=O)c4c(N)cc(S(=O)(=O)[O-])cc4C=C3S(=O)(=O)[O-])cc2)cc1.[Na+].[Na+].[Na+]. The predicted octanol–water partition coefficient (Wildman–Crippen LogP) is -7.31. The first kappa shape index (κ1) is 48.8. The van der Waals surface area contributed by atoms with E-state index in [-0.39, 0.29) is 134 Å². The van der Waals surface area contributed by atoms with Crippen LogP contribution >= 0.6 is 0 Å². The molecule has 19 nitrogen and oxygen atoms in total. The van der Waals surface area contributed by atoms with Crippen LogP contribution in [0.15, 0.2) is 122 Å². The number of nitrogens with zero attached hydrogens (tertiary/aromatic N) is 1. The molecule has 0 aliphatic heterocycles. The molecule has 0 heterocycles. The van der Waals surface area contributed by atoms with E-state index in [0.29, 0.717) is 23.5 Å². The quantitative estimate of drug-likeness (QED) is 0.0477. The molecule has 3 aliphatic rings. The minimum Gasteiger partial charge on any atom is -0.744 e. The van der Waals surface area contributed by atoms with Gasteiger partial charge in [0.2, 0.25) is 5.78 Å². The molecule has 6 rings (SSSR count). The largest absolute Gasteiger partial charge is 1.00 e. The molecular weight excluding hydrogens is 852 g/mol. The molecule has 3 aliphatic carbocycles. The van der Waals surface area contributed by atoms with Gasteiger partial charge in [0.25, 0.3) is 5.91 Å². The van der Waals surface area contributed by atoms with Crippen molar-refractivity contribution in [1.29, 1.82) is 5.41 Å². The number of carbonyl (C=O) groups is 3. The summed E-state index contributed by atoms with van der Waals surface area (Å²) in [4.78, 5) is 36.2. The Morgan fingerprint density at radius 1 is 0.724 bits per heavy atom. The molecule has 0 unspecified atom stereocenters. The van der Waals surface area contributed by atoms with E-state index < -0.39 is 73.9 Å². The van der Waals surface area contributed by atoms with Crippen molar-refractivity contribution in [3.63, 3.8) is 0 Å². The Bertz CT molecular complexity index is 2800. The van der Waals surface area contributed by atoms with Crippen LogP contribution in [0.5, 0.6) is 0 Å². The zero-order valence-corrected chi connectivity index (χ0v) is 38.8. The van der Waals surface area contributed by atoms with E-state index in [1.165, 1.54) is 60.7 Å². The van der Waals surface area contributed by atoms with Gasteiger partial charge in [0, 0.05) is 23.0 Å². The summed E-state index contributed by atoms with van der Waals surface area (Å²) in [6.07, 6.45) is 5.06. The third kappa shape index (κ3) is 10.8. The van der Waals surface area contributed by atoms with Crippen LogP contribution in [0.25, 0.3) is 6.08 Å². The monoisotopic (exact) mass is 873 g/mol. The fourth-order valence-electron chi connectivity index (χ4n) is 5.38. The molecule has 1 amide bonds. The fourth-order valence-corrected chi connectivity index (χ4v) is 7.09. The molecule has 0 saturated heterocycles. The maximum Gasteiger partial charge on any atom is 1.00 e. The molecule has 0 fully saturated rings. The number of ketones is 2. The van der Waals surface area contributed by atoms with Crippen molar-refractivity contribution >= 4 is 88.1 Å². The van der Waals surface area contributed by atoms with Crippen LogP contribution in [0, 0.1) is 5.41 Å². The summed E-state index contributed by atoms with van der Waals surface area (Å²) >= 11 is 0. The molecule has 7 N–H and O–H groups in total. The van der Waals surface area contributed by atoms with Crippen LogP contribution in [0.3, 0.4) is 0 Å². The summed E-state index contributed by atoms with van der Waals surface area (Å²) in [7, 11) is -15.3. The number of nitrogens with two attached hydrogens (primary N) is 1. The van der Waals surface area contributed by atoms with Gasteiger partial charge in [-0.25, -0.2) is 25.3 Å². The Balaban J connectivity index is 0.00000300. The van der Waals surface area contributed by atoms with E-state index in [4.69, 9.17) is 11.1 Å². The average Bonchev–Trinajstić information content (AvgIpc) is 3.10. The number of fused-ring (bicyclic) bond motifs is 2. The molecule has 0 atom stereocenters. The van der Waals surface area contributed by atoms with E-state index >= 15 is 0 Å². The van der Waals surface area contributed by atoms with Gasteiger partial charge in [-0.15, -0.1) is 0 Å². The van der Waals surface area contributed by atoms with Crippen LogP contribution < -0.4 is 116 Å². The molecule has 0 spiro atoms. The maximum absolute atomic E-state index is 13.2. The molecule has 58 heavy (non-hydrogen) atoms. The van der Waals surface area contributed by atoms with Crippen LogP contribution in [0.2, 0.25) is 0 Å². The predicted molar refractivity (Wildman–Crippen MR) is 194 cm³/mol. The molecular formula is C33H22N7Na3O12S3. The molecule has 0 aromatic heterocycles. The van der Waals surface area contributed by atoms with Gasteiger partial charge >= 0.3 is 88.7 Å². The first-order chi connectivity index (χ1) is 25.7. The number of allylic oxidation sites excluding steroid dienone is 7. The molecule has 0 bridgehead atoms. The smallest absolute Gasteiger partial charge is 0.744 e. The number of nitrogen functional groups attached to an aromatic ring is 1. The van der Waals surface area contributed by atoms with Gasteiger partial charge in [-0.3, -0.25) is 30.6 Å². The molecule has 25 heteroatoms. The van der Waals surface area contributed by atoms with E-state index in [1.54, 1.807) is 0 Å². The number of Topliss-reactive ketones (excluding diaryl/α,β-unsaturated/α-hetero) is 1. The third-order valence-corrected chi connectivity index (χ3v) is 10.4. The summed E-state index contributed by atoms with van der Waals surface area (Å²) in [5.74, 6) is -2.45. The summed E-state index contributed by atoms with van der Waals surface area (Å²) in [6, 6.07) is 13.1. The average molecular weight is 874 g/mol. The number of hydrazine groups is 1. The summed E-state index contributed by atoms with van der Waals surface area (Å²) in [6.45, 7) is 0. The van der Waals surface area contributed by atoms with E-state index in [2.05, 4.69) is 26.7 Å². The van der Waals surface area contributed by atoms with E-state index in [1.807, 2.05) is 0 Å². The van der Waals surface area contributed by atoms with Crippen LogP contribution in [-0.4, -0.2) is 67.8 Å². The number of hydrogen-bond acceptors (Lipinski definition) is 18. The Hall–Kier alpha value is -3.56. The van der Waals surface area contributed by atoms with Gasteiger partial charge in [0.1, 0.15) is 36.1 Å². The van der Waals surface area contributed by atoms with Crippen molar-refractivity contribution in [2.24, 2.45) is 5.10 Å². The number of hydrazone groups is 1. The van der Waals surface area contributed by atoms with Gasteiger partial charge in [0.15, 0.2) is 5.78 Å². The normalized spacial score (nSPS) is 15.6. The minimum absolute atomic E-state index is 0. The number of nitrogens with one attached hydrogen (secondary N) is 5. The number of carbonyl (C=O) groups excluding carboxylic acids is 3. The van der Waals surface area contributed by atoms with Crippen molar-refractivity contribution in [2.75, 3.05) is 21.9 Å². The second kappa shape index (κ2) is 18.8. The van der Waals surface area contributed by atoms with Gasteiger partial charge in [0.05, 0.1) is 48.6 Å². The molecule has 0 saturated carbocycles. The van der Waals surface area contributed by atoms with E-state index in [0.717, 1.165) is 18.2 Å². The molecule has 0 radical (unpaired) electrons. The first-order valence-electron chi connectivity index (χ1n) is 15.2. The van der Waals surface area contributed by atoms with Crippen molar-refractivity contribution in [2.45, 2.75) is 4.90 Å². The standard InChI is InChI=1S/C33H25N7O12S3.3Na/c34-24-10-3-17-11-23(54(47,48)49)15-26(41)29(17)30(24)39-37-20-4-1-16(2-5-20)33(43)36-19-6-8-21(9-7-19)38-40-31-27(55(50,51)52)13-18-12-22(53(44,45)46)14-25(35)28(18)32(31)42;;;/h1-15,34,37-39H,35H2,(H,36,43)(H,44,45,46)(H,47,48,49)(H,50,51,52);;;/q;3*+1/p-3/b34-24?,40-31+;;;. The zero-order chi connectivity index (χ0) is 40.0. The summed E-state index contributed by atoms with van der Waals surface area (Å²) < 4.78 is 105. The second-order valence-corrected chi connectivity index (χ2v) is 15.7. The number of rotatable bonds is 10. The summed E-state index contributed by atoms with van der Waals surface area (Å²) in [5.41, 5.74) is 12.8. The second-order valence-electron chi connectivity index (χ2n) is 11.6. The number of anilines is 4. The van der Waals surface area contributed by atoms with Gasteiger partial charge in [-0.1, -0.05) is 6.08 Å². The van der Waals surface area contributed by atoms with Gasteiger partial charge < -0.3 is 30.1 Å². The minimum atomic E-state index is -5.35. The Labute approximate surface area is 396 Å². The van der Waals surface area contributed by atoms with Crippen molar-refractivity contribution < 1.29 is 142 Å². The number of hydrogen-bond donors (Lipinski definition) is 6. The van der Waals surface area contributed by atoms with Crippen molar-refractivity contribution in [3.05, 3.63) is 128 Å². The maximum atomic E-state index is 13.2. The Morgan fingerprint density at radius 2 is 1.33 bits per heavy atom. The molecule has 282 valence electrons. The van der Waals surface area contributed by atoms with Crippen molar-refractivity contribution in [3.8, 4) is 0 Å². The van der Waals surface area contributed by atoms with Crippen LogP contribution in [-0.2, 0) is 35.1 Å². The molecule has 3 aromatic rings. The van der Waals surface area contributed by atoms with Crippen LogP contribution in [0.1, 0.15) is 26.3 Å². The van der Waals surface area contributed by atoms with E-state index in [9.17, 15) is 53.3 Å². The molecule has 3 aromatic carbocycles. The number of benzene rings is 3. The topological polar surface area (TPSA) is 333 Å². The Kier molecular flexibility index (Phi) is 15.8. The van der Waals surface area contributed by atoms with Crippen molar-refractivity contribution in [1.82, 2.24) is 5.43 Å². The first-order valence-corrected chi connectivity index (χ1v) is 19.4. The fraction of sp³-hybridized carbons (Fsp3) is 0. The van der Waals surface area contributed by atoms with Gasteiger partial charge in [-0.2, -0.15) is 5.10 Å². The Morgan fingerprint density at radius 3 is 1.91 bits per heavy atom. The number of amides is 1. The van der Waals surface area contributed by atoms with Crippen LogP contribution in [0.4, 0.5) is 22.7 Å².